The lowest BCUT2D eigenvalue weighted by molar-refractivity contribution is -0.118. The summed E-state index contributed by atoms with van der Waals surface area (Å²) in [5, 5.41) is 2.90. The first-order valence-electron chi connectivity index (χ1n) is 7.07. The third-order valence-corrected chi connectivity index (χ3v) is 4.40. The molecule has 108 valence electrons. The smallest absolute Gasteiger partial charge is 0.230 e. The average Bonchev–Trinajstić information content (AvgIpc) is 2.47. The zero-order chi connectivity index (χ0) is 14.2. The van der Waals surface area contributed by atoms with E-state index in [0.717, 1.165) is 6.42 Å². The van der Waals surface area contributed by atoms with Gasteiger partial charge in [0.25, 0.3) is 0 Å². The standard InChI is InChI=1S/C16H20FNOS/c17-14-8-4-5-9-15(14)20-12-16(19)18-11-10-13-6-2-1-3-7-13/h4-6,8-9H,1-3,7,10-12H2,(H,18,19). The molecular formula is C16H20FNOS. The van der Waals surface area contributed by atoms with Crippen molar-refractivity contribution >= 4 is 17.7 Å². The predicted octanol–water partition coefficient (Wildman–Crippen LogP) is 3.92. The van der Waals surface area contributed by atoms with E-state index in [1.54, 1.807) is 18.2 Å². The van der Waals surface area contributed by atoms with Gasteiger partial charge in [0, 0.05) is 11.4 Å². The van der Waals surface area contributed by atoms with Crippen molar-refractivity contribution in [1.82, 2.24) is 5.32 Å². The molecular weight excluding hydrogens is 273 g/mol. The molecule has 1 N–H and O–H groups in total. The van der Waals surface area contributed by atoms with Gasteiger partial charge in [-0.15, -0.1) is 11.8 Å². The topological polar surface area (TPSA) is 29.1 Å². The number of allylic oxidation sites excluding steroid dienone is 1. The Hall–Kier alpha value is -1.29. The average molecular weight is 293 g/mol. The number of benzene rings is 1. The molecule has 0 radical (unpaired) electrons. The zero-order valence-corrected chi connectivity index (χ0v) is 12.3. The molecule has 0 saturated heterocycles. The number of carbonyl (C=O) groups is 1. The molecule has 0 fully saturated rings. The van der Waals surface area contributed by atoms with Crippen LogP contribution in [0.5, 0.6) is 0 Å². The van der Waals surface area contributed by atoms with E-state index in [1.165, 1.54) is 49.1 Å². The summed E-state index contributed by atoms with van der Waals surface area (Å²) in [5.41, 5.74) is 1.46. The first-order valence-corrected chi connectivity index (χ1v) is 8.06. The maximum atomic E-state index is 13.4. The summed E-state index contributed by atoms with van der Waals surface area (Å²) >= 11 is 1.24. The van der Waals surface area contributed by atoms with Gasteiger partial charge >= 0.3 is 0 Å². The second kappa shape index (κ2) is 8.10. The lowest BCUT2D eigenvalue weighted by Crippen LogP contribution is -2.26. The molecule has 1 aromatic rings. The maximum Gasteiger partial charge on any atom is 0.230 e. The van der Waals surface area contributed by atoms with E-state index in [2.05, 4.69) is 11.4 Å². The minimum Gasteiger partial charge on any atom is -0.355 e. The number of amides is 1. The van der Waals surface area contributed by atoms with Gasteiger partial charge in [-0.2, -0.15) is 0 Å². The van der Waals surface area contributed by atoms with E-state index in [0.29, 0.717) is 11.4 Å². The summed E-state index contributed by atoms with van der Waals surface area (Å²) in [5.74, 6) is -0.0349. The monoisotopic (exact) mass is 293 g/mol. The van der Waals surface area contributed by atoms with Crippen LogP contribution < -0.4 is 5.32 Å². The van der Waals surface area contributed by atoms with Crippen LogP contribution in [0.15, 0.2) is 40.8 Å². The Morgan fingerprint density at radius 3 is 2.90 bits per heavy atom. The maximum absolute atomic E-state index is 13.4. The Bertz CT molecular complexity index is 487. The van der Waals surface area contributed by atoms with Crippen molar-refractivity contribution in [1.29, 1.82) is 0 Å². The highest BCUT2D eigenvalue weighted by atomic mass is 32.2. The molecule has 0 saturated carbocycles. The molecule has 1 aliphatic rings. The van der Waals surface area contributed by atoms with Gasteiger partial charge in [0.1, 0.15) is 5.82 Å². The molecule has 20 heavy (non-hydrogen) atoms. The Labute approximate surface area is 123 Å². The molecule has 2 nitrogen and oxygen atoms in total. The fourth-order valence-corrected chi connectivity index (χ4v) is 3.02. The molecule has 0 heterocycles. The number of halogens is 1. The molecule has 1 amide bonds. The van der Waals surface area contributed by atoms with Crippen LogP contribution in [0.3, 0.4) is 0 Å². The van der Waals surface area contributed by atoms with E-state index in [9.17, 15) is 9.18 Å². The predicted molar refractivity (Wildman–Crippen MR) is 81.3 cm³/mol. The lowest BCUT2D eigenvalue weighted by Gasteiger charge is -2.12. The van der Waals surface area contributed by atoms with Gasteiger partial charge in [0.05, 0.1) is 5.75 Å². The van der Waals surface area contributed by atoms with Crippen LogP contribution in [-0.2, 0) is 4.79 Å². The van der Waals surface area contributed by atoms with E-state index in [-0.39, 0.29) is 17.5 Å². The van der Waals surface area contributed by atoms with Crippen molar-refractivity contribution in [3.8, 4) is 0 Å². The van der Waals surface area contributed by atoms with Crippen molar-refractivity contribution in [2.45, 2.75) is 37.0 Å². The molecule has 0 unspecified atom stereocenters. The highest BCUT2D eigenvalue weighted by Gasteiger charge is 2.07. The third-order valence-electron chi connectivity index (χ3n) is 3.35. The van der Waals surface area contributed by atoms with E-state index < -0.39 is 0 Å². The molecule has 0 aromatic heterocycles. The number of rotatable bonds is 6. The molecule has 0 atom stereocenters. The van der Waals surface area contributed by atoms with Crippen LogP contribution in [0, 0.1) is 5.82 Å². The van der Waals surface area contributed by atoms with Crippen LogP contribution in [-0.4, -0.2) is 18.2 Å². The highest BCUT2D eigenvalue weighted by molar-refractivity contribution is 8.00. The van der Waals surface area contributed by atoms with Gasteiger partial charge in [-0.25, -0.2) is 4.39 Å². The fourth-order valence-electron chi connectivity index (χ4n) is 2.25. The first kappa shape index (κ1) is 15.1. The van der Waals surface area contributed by atoms with E-state index in [4.69, 9.17) is 0 Å². The fraction of sp³-hybridized carbons (Fsp3) is 0.438. The number of hydrogen-bond acceptors (Lipinski definition) is 2. The molecule has 2 rings (SSSR count). The summed E-state index contributed by atoms with van der Waals surface area (Å²) in [6.07, 6.45) is 8.13. The summed E-state index contributed by atoms with van der Waals surface area (Å²) in [6, 6.07) is 6.53. The zero-order valence-electron chi connectivity index (χ0n) is 11.5. The van der Waals surface area contributed by atoms with Crippen molar-refractivity contribution in [2.75, 3.05) is 12.3 Å². The summed E-state index contributed by atoms with van der Waals surface area (Å²) in [4.78, 5) is 12.2. The van der Waals surface area contributed by atoms with E-state index in [1.807, 2.05) is 0 Å². The minimum atomic E-state index is -0.266. The number of nitrogens with one attached hydrogen (secondary N) is 1. The van der Waals surface area contributed by atoms with Gasteiger partial charge in [0.2, 0.25) is 5.91 Å². The molecule has 0 spiro atoms. The molecule has 1 aliphatic carbocycles. The van der Waals surface area contributed by atoms with Gasteiger partial charge in [-0.3, -0.25) is 4.79 Å². The van der Waals surface area contributed by atoms with Crippen LogP contribution >= 0.6 is 11.8 Å². The van der Waals surface area contributed by atoms with Crippen LogP contribution in [0.4, 0.5) is 4.39 Å². The first-order chi connectivity index (χ1) is 9.75. The Morgan fingerprint density at radius 2 is 2.15 bits per heavy atom. The Morgan fingerprint density at radius 1 is 1.30 bits per heavy atom. The second-order valence-corrected chi connectivity index (χ2v) is 5.94. The van der Waals surface area contributed by atoms with E-state index >= 15 is 0 Å². The third kappa shape index (κ3) is 5.00. The van der Waals surface area contributed by atoms with Crippen molar-refractivity contribution in [3.63, 3.8) is 0 Å². The van der Waals surface area contributed by atoms with Crippen molar-refractivity contribution in [3.05, 3.63) is 41.7 Å². The molecule has 1 aromatic carbocycles. The number of carbonyl (C=O) groups excluding carboxylic acids is 1. The highest BCUT2D eigenvalue weighted by Crippen LogP contribution is 2.21. The molecule has 0 bridgehead atoms. The normalized spacial score (nSPS) is 14.8. The summed E-state index contributed by atoms with van der Waals surface area (Å²) < 4.78 is 13.4. The quantitative estimate of drug-likeness (QED) is 0.636. The second-order valence-electron chi connectivity index (χ2n) is 4.93. The summed E-state index contributed by atoms with van der Waals surface area (Å²) in [6.45, 7) is 0.683. The summed E-state index contributed by atoms with van der Waals surface area (Å²) in [7, 11) is 0. The van der Waals surface area contributed by atoms with Crippen molar-refractivity contribution < 1.29 is 9.18 Å². The van der Waals surface area contributed by atoms with Crippen LogP contribution in [0.2, 0.25) is 0 Å². The van der Waals surface area contributed by atoms with Gasteiger partial charge in [0.15, 0.2) is 0 Å². The molecule has 0 aliphatic heterocycles. The number of thioether (sulfide) groups is 1. The van der Waals surface area contributed by atoms with Crippen LogP contribution in [0.25, 0.3) is 0 Å². The van der Waals surface area contributed by atoms with Gasteiger partial charge in [-0.05, 0) is 44.2 Å². The van der Waals surface area contributed by atoms with Crippen molar-refractivity contribution in [2.24, 2.45) is 0 Å². The Kier molecular flexibility index (Phi) is 6.12. The molecule has 4 heteroatoms. The van der Waals surface area contributed by atoms with Crippen LogP contribution in [0.1, 0.15) is 32.1 Å². The minimum absolute atomic E-state index is 0.0327. The SMILES string of the molecule is O=C(CSc1ccccc1F)NCCC1=CCCCC1. The number of hydrogen-bond donors (Lipinski definition) is 1. The Balaban J connectivity index is 1.65. The van der Waals surface area contributed by atoms with Gasteiger partial charge in [-0.1, -0.05) is 23.8 Å². The lowest BCUT2D eigenvalue weighted by atomic mass is 9.97. The largest absolute Gasteiger partial charge is 0.355 e. The van der Waals surface area contributed by atoms with Gasteiger partial charge < -0.3 is 5.32 Å².